The van der Waals surface area contributed by atoms with Crippen LogP contribution in [0.2, 0.25) is 0 Å². The molecule has 130 valence electrons. The predicted molar refractivity (Wildman–Crippen MR) is 102 cm³/mol. The highest BCUT2D eigenvalue weighted by molar-refractivity contribution is 8.00. The number of nitrogens with zero attached hydrogens (tertiary/aromatic N) is 3. The van der Waals surface area contributed by atoms with Gasteiger partial charge in [-0.25, -0.2) is 9.97 Å². The van der Waals surface area contributed by atoms with Crippen LogP contribution >= 0.6 is 23.1 Å². The smallest absolute Gasteiger partial charge is 0.235 e. The Balaban J connectivity index is 1.80. The van der Waals surface area contributed by atoms with Crippen molar-refractivity contribution in [3.63, 3.8) is 0 Å². The number of aromatic nitrogens is 2. The average Bonchev–Trinajstić information content (AvgIpc) is 2.97. The Morgan fingerprint density at radius 3 is 3.00 bits per heavy atom. The van der Waals surface area contributed by atoms with E-state index in [0.717, 1.165) is 47.0 Å². The number of hydrogen-bond donors (Lipinski definition) is 0. The molecule has 0 bridgehead atoms. The van der Waals surface area contributed by atoms with Crippen LogP contribution < -0.4 is 0 Å². The number of hydrogen-bond acceptors (Lipinski definition) is 5. The molecule has 1 saturated heterocycles. The monoisotopic (exact) mass is 363 g/mol. The minimum absolute atomic E-state index is 0.113. The summed E-state index contributed by atoms with van der Waals surface area (Å²) in [6.45, 7) is 10.1. The van der Waals surface area contributed by atoms with Crippen LogP contribution in [-0.4, -0.2) is 39.1 Å². The van der Waals surface area contributed by atoms with Gasteiger partial charge in [0, 0.05) is 23.4 Å². The first-order chi connectivity index (χ1) is 11.5. The van der Waals surface area contributed by atoms with E-state index in [1.54, 1.807) is 23.1 Å². The van der Waals surface area contributed by atoms with Gasteiger partial charge in [-0.3, -0.25) is 4.79 Å². The summed E-state index contributed by atoms with van der Waals surface area (Å²) in [6, 6.07) is 2.18. The van der Waals surface area contributed by atoms with Gasteiger partial charge in [0.2, 0.25) is 5.91 Å². The molecule has 0 spiro atoms. The Bertz CT molecular complexity index is 743. The van der Waals surface area contributed by atoms with Crippen molar-refractivity contribution >= 4 is 39.2 Å². The summed E-state index contributed by atoms with van der Waals surface area (Å²) in [5.74, 6) is 1.62. The van der Waals surface area contributed by atoms with Crippen LogP contribution in [0.5, 0.6) is 0 Å². The van der Waals surface area contributed by atoms with Crippen LogP contribution in [-0.2, 0) is 11.2 Å². The standard InChI is InChI=1S/C18H25N3OS2/c1-5-14-9-15-16(19-13(4)20-17(15)24-14)23-12(3)18(22)21-8-6-7-11(2)10-21/h9,11-12H,5-8,10H2,1-4H3. The van der Waals surface area contributed by atoms with E-state index in [4.69, 9.17) is 0 Å². The zero-order chi connectivity index (χ0) is 17.3. The van der Waals surface area contributed by atoms with Gasteiger partial charge in [-0.15, -0.1) is 11.3 Å². The van der Waals surface area contributed by atoms with Crippen molar-refractivity contribution in [2.24, 2.45) is 5.92 Å². The number of carbonyl (C=O) groups is 1. The summed E-state index contributed by atoms with van der Waals surface area (Å²) in [5.41, 5.74) is 0. The molecule has 6 heteroatoms. The number of piperidine rings is 1. The van der Waals surface area contributed by atoms with E-state index < -0.39 is 0 Å². The average molecular weight is 364 g/mol. The highest BCUT2D eigenvalue weighted by atomic mass is 32.2. The van der Waals surface area contributed by atoms with Crippen LogP contribution in [0.3, 0.4) is 0 Å². The van der Waals surface area contributed by atoms with Gasteiger partial charge in [-0.05, 0) is 45.1 Å². The lowest BCUT2D eigenvalue weighted by atomic mass is 10.0. The second-order valence-corrected chi connectivity index (χ2v) is 9.10. The van der Waals surface area contributed by atoms with Crippen LogP contribution in [0.4, 0.5) is 0 Å². The lowest BCUT2D eigenvalue weighted by Gasteiger charge is -2.32. The first-order valence-electron chi connectivity index (χ1n) is 8.70. The zero-order valence-corrected chi connectivity index (χ0v) is 16.5. The van der Waals surface area contributed by atoms with Crippen LogP contribution in [0.15, 0.2) is 11.1 Å². The molecule has 2 aromatic rings. The van der Waals surface area contributed by atoms with Crippen LogP contribution in [0.1, 0.15) is 44.3 Å². The predicted octanol–water partition coefficient (Wildman–Crippen LogP) is 4.30. The van der Waals surface area contributed by atoms with E-state index >= 15 is 0 Å². The highest BCUT2D eigenvalue weighted by Crippen LogP contribution is 2.34. The molecule has 0 aliphatic carbocycles. The molecule has 24 heavy (non-hydrogen) atoms. The van der Waals surface area contributed by atoms with Crippen molar-refractivity contribution in [1.29, 1.82) is 0 Å². The maximum absolute atomic E-state index is 12.8. The van der Waals surface area contributed by atoms with Gasteiger partial charge >= 0.3 is 0 Å². The molecule has 0 N–H and O–H groups in total. The number of fused-ring (bicyclic) bond motifs is 1. The molecule has 2 atom stereocenters. The zero-order valence-electron chi connectivity index (χ0n) is 14.8. The normalized spacial score (nSPS) is 19.7. The summed E-state index contributed by atoms with van der Waals surface area (Å²) in [6.07, 6.45) is 3.35. The van der Waals surface area contributed by atoms with Crippen molar-refractivity contribution < 1.29 is 4.79 Å². The molecule has 0 saturated carbocycles. The van der Waals surface area contributed by atoms with Crippen molar-refractivity contribution in [1.82, 2.24) is 14.9 Å². The summed E-state index contributed by atoms with van der Waals surface area (Å²) in [5, 5.41) is 1.93. The first kappa shape index (κ1) is 17.7. The quantitative estimate of drug-likeness (QED) is 0.600. The van der Waals surface area contributed by atoms with Gasteiger partial charge in [0.25, 0.3) is 0 Å². The van der Waals surface area contributed by atoms with Crippen LogP contribution in [0.25, 0.3) is 10.2 Å². The maximum Gasteiger partial charge on any atom is 0.235 e. The fourth-order valence-electron chi connectivity index (χ4n) is 3.18. The van der Waals surface area contributed by atoms with E-state index in [9.17, 15) is 4.79 Å². The van der Waals surface area contributed by atoms with Gasteiger partial charge in [-0.1, -0.05) is 25.6 Å². The minimum Gasteiger partial charge on any atom is -0.341 e. The van der Waals surface area contributed by atoms with Gasteiger partial charge in [0.15, 0.2) is 0 Å². The van der Waals surface area contributed by atoms with E-state index in [1.165, 1.54) is 11.3 Å². The molecular formula is C18H25N3OS2. The van der Waals surface area contributed by atoms with E-state index in [2.05, 4.69) is 29.9 Å². The molecule has 2 unspecified atom stereocenters. The molecule has 1 aliphatic heterocycles. The second kappa shape index (κ2) is 7.40. The number of thioether (sulfide) groups is 1. The fraction of sp³-hybridized carbons (Fsp3) is 0.611. The molecule has 1 fully saturated rings. The number of rotatable bonds is 4. The lowest BCUT2D eigenvalue weighted by Crippen LogP contribution is -2.42. The number of amides is 1. The van der Waals surface area contributed by atoms with E-state index in [1.807, 2.05) is 18.7 Å². The largest absolute Gasteiger partial charge is 0.341 e. The second-order valence-electron chi connectivity index (χ2n) is 6.65. The Kier molecular flexibility index (Phi) is 5.45. The highest BCUT2D eigenvalue weighted by Gasteiger charge is 2.26. The fourth-order valence-corrected chi connectivity index (χ4v) is 5.30. The number of likely N-dealkylation sites (tertiary alicyclic amines) is 1. The Morgan fingerprint density at radius 1 is 1.50 bits per heavy atom. The third-order valence-electron chi connectivity index (χ3n) is 4.47. The summed E-state index contributed by atoms with van der Waals surface area (Å²) in [4.78, 5) is 26.4. The van der Waals surface area contributed by atoms with Crippen molar-refractivity contribution in [3.8, 4) is 0 Å². The third-order valence-corrected chi connectivity index (χ3v) is 6.74. The van der Waals surface area contributed by atoms with Crippen molar-refractivity contribution in [2.75, 3.05) is 13.1 Å². The van der Waals surface area contributed by atoms with Gasteiger partial charge in [0.1, 0.15) is 15.7 Å². The Hall–Kier alpha value is -1.14. The van der Waals surface area contributed by atoms with E-state index in [0.29, 0.717) is 5.92 Å². The van der Waals surface area contributed by atoms with Crippen molar-refractivity contribution in [3.05, 3.63) is 16.8 Å². The molecule has 0 radical (unpaired) electrons. The number of thiophene rings is 1. The van der Waals surface area contributed by atoms with E-state index in [-0.39, 0.29) is 11.2 Å². The molecular weight excluding hydrogens is 338 g/mol. The SMILES string of the molecule is CCc1cc2c(SC(C)C(=O)N3CCCC(C)C3)nc(C)nc2s1. The Labute approximate surface area is 152 Å². The topological polar surface area (TPSA) is 46.1 Å². The molecule has 1 amide bonds. The van der Waals surface area contributed by atoms with Gasteiger partial charge in [0.05, 0.1) is 5.25 Å². The third kappa shape index (κ3) is 3.75. The minimum atomic E-state index is -0.113. The van der Waals surface area contributed by atoms with Gasteiger partial charge in [-0.2, -0.15) is 0 Å². The summed E-state index contributed by atoms with van der Waals surface area (Å²) < 4.78 is 0. The van der Waals surface area contributed by atoms with Crippen molar-refractivity contribution in [2.45, 2.75) is 57.2 Å². The number of aryl methyl sites for hydroxylation is 2. The summed E-state index contributed by atoms with van der Waals surface area (Å²) >= 11 is 3.31. The first-order valence-corrected chi connectivity index (χ1v) is 10.4. The molecule has 3 heterocycles. The number of carbonyl (C=O) groups excluding carboxylic acids is 1. The molecule has 4 nitrogen and oxygen atoms in total. The molecule has 2 aromatic heterocycles. The Morgan fingerprint density at radius 2 is 2.29 bits per heavy atom. The molecule has 0 aromatic carbocycles. The summed E-state index contributed by atoms with van der Waals surface area (Å²) in [7, 11) is 0. The molecule has 1 aliphatic rings. The molecule has 3 rings (SSSR count). The van der Waals surface area contributed by atoms with Gasteiger partial charge < -0.3 is 4.90 Å². The van der Waals surface area contributed by atoms with Crippen LogP contribution in [0, 0.1) is 12.8 Å². The maximum atomic E-state index is 12.8. The lowest BCUT2D eigenvalue weighted by molar-refractivity contribution is -0.131.